The number of nitrogens with two attached hydrogens (primary N) is 1. The highest BCUT2D eigenvalue weighted by atomic mass is 32.2. The van der Waals surface area contributed by atoms with Gasteiger partial charge in [-0.15, -0.1) is 0 Å². The Morgan fingerprint density at radius 3 is 2.38 bits per heavy atom. The van der Waals surface area contributed by atoms with Crippen molar-refractivity contribution in [2.75, 3.05) is 6.54 Å². The Kier molecular flexibility index (Phi) is 6.70. The Morgan fingerprint density at radius 2 is 1.77 bits per heavy atom. The molecule has 2 N–H and O–H groups in total. The van der Waals surface area contributed by atoms with Crippen molar-refractivity contribution >= 4 is 15.5 Å². The van der Waals surface area contributed by atoms with Crippen LogP contribution in [0.15, 0.2) is 58.3 Å². The SMILES string of the molecule is CC(CCCCN)Oc1ccccc1S(=O)(=O)c1ccc([N+](=O)[O-])cc1. The topological polar surface area (TPSA) is 113 Å². The highest BCUT2D eigenvalue weighted by molar-refractivity contribution is 7.91. The summed E-state index contributed by atoms with van der Waals surface area (Å²) in [7, 11) is -3.85. The Hall–Kier alpha value is -2.45. The number of para-hydroxylation sites is 1. The van der Waals surface area contributed by atoms with Crippen molar-refractivity contribution < 1.29 is 18.1 Å². The molecule has 0 heterocycles. The monoisotopic (exact) mass is 378 g/mol. The van der Waals surface area contributed by atoms with E-state index in [1.54, 1.807) is 18.2 Å². The molecule has 0 bridgehead atoms. The van der Waals surface area contributed by atoms with Gasteiger partial charge >= 0.3 is 0 Å². The minimum absolute atomic E-state index is 0.0186. The van der Waals surface area contributed by atoms with E-state index >= 15 is 0 Å². The second kappa shape index (κ2) is 8.77. The van der Waals surface area contributed by atoms with E-state index in [4.69, 9.17) is 10.5 Å². The maximum absolute atomic E-state index is 12.9. The van der Waals surface area contributed by atoms with Crippen LogP contribution >= 0.6 is 0 Å². The number of non-ortho nitro benzene ring substituents is 1. The van der Waals surface area contributed by atoms with Crippen LogP contribution in [0.1, 0.15) is 26.2 Å². The normalized spacial score (nSPS) is 12.5. The number of hydrogen-bond acceptors (Lipinski definition) is 6. The van der Waals surface area contributed by atoms with Crippen molar-refractivity contribution in [3.05, 3.63) is 58.6 Å². The van der Waals surface area contributed by atoms with E-state index in [0.29, 0.717) is 6.54 Å². The zero-order chi connectivity index (χ0) is 19.2. The summed E-state index contributed by atoms with van der Waals surface area (Å²) in [4.78, 5) is 10.2. The molecule has 0 saturated carbocycles. The summed E-state index contributed by atoms with van der Waals surface area (Å²) < 4.78 is 31.7. The van der Waals surface area contributed by atoms with Crippen LogP contribution in [0.3, 0.4) is 0 Å². The van der Waals surface area contributed by atoms with Crippen LogP contribution in [0.5, 0.6) is 5.75 Å². The molecule has 0 radical (unpaired) electrons. The molecule has 2 aromatic rings. The number of ether oxygens (including phenoxy) is 1. The maximum Gasteiger partial charge on any atom is 0.269 e. The zero-order valence-electron chi connectivity index (χ0n) is 14.5. The van der Waals surface area contributed by atoms with Gasteiger partial charge in [0.1, 0.15) is 10.6 Å². The lowest BCUT2D eigenvalue weighted by Gasteiger charge is -2.17. The average Bonchev–Trinajstić information content (AvgIpc) is 2.62. The molecule has 1 atom stereocenters. The number of rotatable bonds is 9. The van der Waals surface area contributed by atoms with E-state index in [1.807, 2.05) is 6.92 Å². The first-order valence-electron chi connectivity index (χ1n) is 8.31. The fraction of sp³-hybridized carbons (Fsp3) is 0.333. The molecule has 8 heteroatoms. The van der Waals surface area contributed by atoms with Crippen LogP contribution in [0.2, 0.25) is 0 Å². The predicted molar refractivity (Wildman–Crippen MR) is 98.0 cm³/mol. The van der Waals surface area contributed by atoms with Gasteiger partial charge < -0.3 is 10.5 Å². The number of hydrogen-bond donors (Lipinski definition) is 1. The van der Waals surface area contributed by atoms with Crippen LogP contribution in [0, 0.1) is 10.1 Å². The predicted octanol–water partition coefficient (Wildman–Crippen LogP) is 3.32. The number of nitrogens with zero attached hydrogens (tertiary/aromatic N) is 1. The minimum Gasteiger partial charge on any atom is -0.489 e. The second-order valence-corrected chi connectivity index (χ2v) is 7.83. The third-order valence-corrected chi connectivity index (χ3v) is 5.70. The first-order chi connectivity index (χ1) is 12.4. The third-order valence-electron chi connectivity index (χ3n) is 3.89. The van der Waals surface area contributed by atoms with Crippen LogP contribution in [0.4, 0.5) is 5.69 Å². The van der Waals surface area contributed by atoms with Gasteiger partial charge in [-0.1, -0.05) is 12.1 Å². The molecule has 1 unspecified atom stereocenters. The standard InChI is InChI=1S/C18H22N2O5S/c1-14(6-4-5-13-19)25-17-7-2-3-8-18(17)26(23,24)16-11-9-15(10-12-16)20(21)22/h2-3,7-12,14H,4-6,13,19H2,1H3. The summed E-state index contributed by atoms with van der Waals surface area (Å²) in [6, 6.07) is 11.2. The minimum atomic E-state index is -3.85. The van der Waals surface area contributed by atoms with Gasteiger partial charge in [0.25, 0.3) is 5.69 Å². The number of sulfone groups is 1. The third kappa shape index (κ3) is 4.80. The molecule has 26 heavy (non-hydrogen) atoms. The first kappa shape index (κ1) is 19.9. The molecule has 0 aliphatic rings. The summed E-state index contributed by atoms with van der Waals surface area (Å²) in [5.41, 5.74) is 5.32. The van der Waals surface area contributed by atoms with Gasteiger partial charge in [0.15, 0.2) is 0 Å². The largest absolute Gasteiger partial charge is 0.489 e. The van der Waals surface area contributed by atoms with E-state index in [1.165, 1.54) is 30.3 Å². The van der Waals surface area contributed by atoms with E-state index < -0.39 is 14.8 Å². The Labute approximate surface area is 152 Å². The Balaban J connectivity index is 2.28. The molecule has 7 nitrogen and oxygen atoms in total. The van der Waals surface area contributed by atoms with E-state index in [9.17, 15) is 18.5 Å². The fourth-order valence-electron chi connectivity index (χ4n) is 2.50. The molecule has 0 amide bonds. The zero-order valence-corrected chi connectivity index (χ0v) is 15.3. The average molecular weight is 378 g/mol. The van der Waals surface area contributed by atoms with Crippen LogP contribution in [0.25, 0.3) is 0 Å². The van der Waals surface area contributed by atoms with Crippen LogP contribution in [-0.2, 0) is 9.84 Å². The molecular formula is C18H22N2O5S. The summed E-state index contributed by atoms with van der Waals surface area (Å²) in [5, 5.41) is 10.7. The molecule has 2 rings (SSSR count). The van der Waals surface area contributed by atoms with Gasteiger partial charge in [-0.2, -0.15) is 0 Å². The van der Waals surface area contributed by atoms with Crippen LogP contribution in [-0.4, -0.2) is 26.0 Å². The van der Waals surface area contributed by atoms with Gasteiger partial charge in [-0.3, -0.25) is 10.1 Å². The lowest BCUT2D eigenvalue weighted by atomic mass is 10.2. The van der Waals surface area contributed by atoms with Crippen molar-refractivity contribution in [1.29, 1.82) is 0 Å². The smallest absolute Gasteiger partial charge is 0.269 e. The summed E-state index contributed by atoms with van der Waals surface area (Å²) in [6.07, 6.45) is 2.39. The van der Waals surface area contributed by atoms with Crippen molar-refractivity contribution in [2.45, 2.75) is 42.1 Å². The molecule has 0 saturated heterocycles. The van der Waals surface area contributed by atoms with Crippen molar-refractivity contribution in [2.24, 2.45) is 5.73 Å². The number of unbranched alkanes of at least 4 members (excludes halogenated alkanes) is 1. The molecule has 0 spiro atoms. The lowest BCUT2D eigenvalue weighted by Crippen LogP contribution is -2.15. The molecule has 0 aliphatic carbocycles. The highest BCUT2D eigenvalue weighted by Gasteiger charge is 2.23. The van der Waals surface area contributed by atoms with Crippen LogP contribution < -0.4 is 10.5 Å². The highest BCUT2D eigenvalue weighted by Crippen LogP contribution is 2.31. The quantitative estimate of drug-likeness (QED) is 0.407. The molecule has 0 fully saturated rings. The maximum atomic E-state index is 12.9. The Morgan fingerprint density at radius 1 is 1.12 bits per heavy atom. The summed E-state index contributed by atoms with van der Waals surface area (Å²) >= 11 is 0. The van der Waals surface area contributed by atoms with Gasteiger partial charge in [-0.05, 0) is 57.0 Å². The molecule has 140 valence electrons. The van der Waals surface area contributed by atoms with Gasteiger partial charge in [0.2, 0.25) is 9.84 Å². The fourth-order valence-corrected chi connectivity index (χ4v) is 3.88. The second-order valence-electron chi connectivity index (χ2n) is 5.91. The van der Waals surface area contributed by atoms with Gasteiger partial charge in [0, 0.05) is 12.1 Å². The van der Waals surface area contributed by atoms with E-state index in [0.717, 1.165) is 19.3 Å². The number of nitro benzene ring substituents is 1. The van der Waals surface area contributed by atoms with E-state index in [2.05, 4.69) is 0 Å². The Bertz CT molecular complexity index is 850. The first-order valence-corrected chi connectivity index (χ1v) is 9.80. The lowest BCUT2D eigenvalue weighted by molar-refractivity contribution is -0.384. The van der Waals surface area contributed by atoms with E-state index in [-0.39, 0.29) is 27.3 Å². The van der Waals surface area contributed by atoms with Crippen molar-refractivity contribution in [1.82, 2.24) is 0 Å². The van der Waals surface area contributed by atoms with Gasteiger partial charge in [0.05, 0.1) is 15.9 Å². The van der Waals surface area contributed by atoms with Gasteiger partial charge in [-0.25, -0.2) is 8.42 Å². The van der Waals surface area contributed by atoms with Crippen molar-refractivity contribution in [3.8, 4) is 5.75 Å². The van der Waals surface area contributed by atoms with Crippen molar-refractivity contribution in [3.63, 3.8) is 0 Å². The molecule has 0 aliphatic heterocycles. The number of nitro groups is 1. The molecule has 2 aromatic carbocycles. The molecular weight excluding hydrogens is 356 g/mol. The summed E-state index contributed by atoms with van der Waals surface area (Å²) in [5.74, 6) is 0.270. The summed E-state index contributed by atoms with van der Waals surface area (Å²) in [6.45, 7) is 2.49. The molecule has 0 aromatic heterocycles. The number of benzene rings is 2.